The third-order valence-corrected chi connectivity index (χ3v) is 16.3. The Morgan fingerprint density at radius 3 is 1.63 bits per heavy atom. The van der Waals surface area contributed by atoms with Gasteiger partial charge in [0.1, 0.15) is 0 Å². The van der Waals surface area contributed by atoms with Crippen molar-refractivity contribution < 1.29 is 8.42 Å². The third kappa shape index (κ3) is 5.66. The number of hydrogen-bond donors (Lipinski definition) is 0. The minimum absolute atomic E-state index is 0.312. The van der Waals surface area contributed by atoms with Crippen molar-refractivity contribution in [1.82, 2.24) is 15.0 Å². The lowest BCUT2D eigenvalue weighted by Gasteiger charge is -2.43. The molecule has 0 N–H and O–H groups in total. The first-order valence-corrected chi connectivity index (χ1v) is 24.1. The molecule has 1 atom stereocenters. The van der Waals surface area contributed by atoms with Crippen molar-refractivity contribution in [1.29, 1.82) is 0 Å². The van der Waals surface area contributed by atoms with Crippen LogP contribution in [-0.2, 0) is 20.7 Å². The normalized spacial score (nSPS) is 16.3. The van der Waals surface area contributed by atoms with E-state index in [2.05, 4.69) is 164 Å². The van der Waals surface area contributed by atoms with Crippen LogP contribution in [0.1, 0.15) is 47.2 Å². The van der Waals surface area contributed by atoms with Crippen molar-refractivity contribution in [2.75, 3.05) is 0 Å². The third-order valence-electron chi connectivity index (χ3n) is 14.4. The Morgan fingerprint density at radius 1 is 0.373 bits per heavy atom. The molecule has 13 rings (SSSR count). The van der Waals surface area contributed by atoms with Gasteiger partial charge >= 0.3 is 0 Å². The number of nitrogens with zero attached hydrogens (tertiary/aromatic N) is 3. The monoisotopic (exact) mass is 879 g/mol. The fourth-order valence-electron chi connectivity index (χ4n) is 11.3. The van der Waals surface area contributed by atoms with Gasteiger partial charge in [-0.05, 0) is 114 Å². The quantitative estimate of drug-likeness (QED) is 0.176. The Bertz CT molecular complexity index is 3790. The molecule has 1 aliphatic heterocycles. The fourth-order valence-corrected chi connectivity index (χ4v) is 13.1. The Balaban J connectivity index is 1.13. The minimum Gasteiger partial charge on any atom is -0.264 e. The van der Waals surface area contributed by atoms with Gasteiger partial charge in [-0.15, -0.1) is 0 Å². The number of sulfone groups is 1. The maximum atomic E-state index is 15.4. The molecule has 67 heavy (non-hydrogen) atoms. The highest BCUT2D eigenvalue weighted by Crippen LogP contribution is 2.62. The Kier molecular flexibility index (Phi) is 8.49. The van der Waals surface area contributed by atoms with Crippen molar-refractivity contribution in [2.45, 2.75) is 34.5 Å². The molecular formula is C61H41N3O2S. The highest BCUT2D eigenvalue weighted by molar-refractivity contribution is 7.91. The zero-order valence-corrected chi connectivity index (χ0v) is 37.6. The Labute approximate surface area is 390 Å². The predicted octanol–water partition coefficient (Wildman–Crippen LogP) is 14.0. The highest BCUT2D eigenvalue weighted by atomic mass is 32.2. The summed E-state index contributed by atoms with van der Waals surface area (Å²) in [5.41, 5.74) is 17.0. The van der Waals surface area contributed by atoms with Gasteiger partial charge in [0.15, 0.2) is 5.82 Å². The molecule has 1 spiro atoms. The van der Waals surface area contributed by atoms with Crippen molar-refractivity contribution in [3.63, 3.8) is 0 Å². The second-order valence-electron chi connectivity index (χ2n) is 18.3. The first kappa shape index (κ1) is 39.3. The molecular weight excluding hydrogens is 839 g/mol. The summed E-state index contributed by atoms with van der Waals surface area (Å²) >= 11 is 0. The summed E-state index contributed by atoms with van der Waals surface area (Å²) in [6.45, 7) is 4.41. The molecule has 8 aromatic carbocycles. The molecule has 318 valence electrons. The van der Waals surface area contributed by atoms with Crippen molar-refractivity contribution in [3.8, 4) is 78.4 Å². The maximum absolute atomic E-state index is 15.4. The van der Waals surface area contributed by atoms with Crippen LogP contribution in [0.2, 0.25) is 0 Å². The average Bonchev–Trinajstić information content (AvgIpc) is 3.54. The molecule has 0 fully saturated rings. The molecule has 1 unspecified atom stereocenters. The number of pyridine rings is 1. The summed E-state index contributed by atoms with van der Waals surface area (Å²) in [5, 5.41) is 0. The average molecular weight is 880 g/mol. The van der Waals surface area contributed by atoms with E-state index in [1.54, 1.807) is 12.3 Å². The van der Waals surface area contributed by atoms with Gasteiger partial charge in [-0.25, -0.2) is 18.4 Å². The van der Waals surface area contributed by atoms with E-state index in [0.29, 0.717) is 15.6 Å². The molecule has 0 amide bonds. The molecule has 2 aliphatic carbocycles. The van der Waals surface area contributed by atoms with Crippen molar-refractivity contribution in [2.24, 2.45) is 0 Å². The van der Waals surface area contributed by atoms with Gasteiger partial charge in [0, 0.05) is 34.5 Å². The molecule has 6 heteroatoms. The summed E-state index contributed by atoms with van der Waals surface area (Å²) in [4.78, 5) is 15.7. The summed E-state index contributed by atoms with van der Waals surface area (Å²) in [7, 11) is -4.00. The lowest BCUT2D eigenvalue weighted by Crippen LogP contribution is -2.38. The zero-order valence-electron chi connectivity index (χ0n) is 36.8. The first-order valence-electron chi connectivity index (χ1n) is 22.7. The van der Waals surface area contributed by atoms with Crippen LogP contribution in [0.3, 0.4) is 0 Å². The van der Waals surface area contributed by atoms with Gasteiger partial charge in [0.05, 0.1) is 26.6 Å². The number of hydrogen-bond acceptors (Lipinski definition) is 5. The van der Waals surface area contributed by atoms with Gasteiger partial charge in [-0.3, -0.25) is 4.98 Å². The second-order valence-corrected chi connectivity index (χ2v) is 20.2. The van der Waals surface area contributed by atoms with E-state index in [0.717, 1.165) is 100 Å². The number of benzene rings is 8. The SMILES string of the molecule is CC1(C)c2ccccc2-c2cc3c(cc21)S(=O)(=O)c1ccccc1C31c2ccccc2-c2ccccc2-c2ccc(-c3nc(-c4ccccc4)cc(-c4ccc(-c5cccnc5)cc4)n3)cc21. The van der Waals surface area contributed by atoms with Crippen LogP contribution in [0.5, 0.6) is 0 Å². The topological polar surface area (TPSA) is 72.8 Å². The molecule has 3 heterocycles. The largest absolute Gasteiger partial charge is 0.264 e. The smallest absolute Gasteiger partial charge is 0.207 e. The van der Waals surface area contributed by atoms with Gasteiger partial charge in [-0.2, -0.15) is 0 Å². The lowest BCUT2D eigenvalue weighted by atomic mass is 9.62. The molecule has 3 aliphatic rings. The highest BCUT2D eigenvalue weighted by Gasteiger charge is 2.53. The molecule has 0 saturated carbocycles. The van der Waals surface area contributed by atoms with E-state index in [9.17, 15) is 0 Å². The fraction of sp³-hybridized carbons (Fsp3) is 0.0656. The molecule has 2 aromatic heterocycles. The number of rotatable bonds is 4. The molecule has 0 radical (unpaired) electrons. The van der Waals surface area contributed by atoms with Crippen LogP contribution in [-0.4, -0.2) is 23.4 Å². The van der Waals surface area contributed by atoms with Gasteiger partial charge in [0.2, 0.25) is 9.84 Å². The van der Waals surface area contributed by atoms with Gasteiger partial charge in [-0.1, -0.05) is 178 Å². The Hall–Kier alpha value is -8.06. The van der Waals surface area contributed by atoms with E-state index in [4.69, 9.17) is 9.97 Å². The van der Waals surface area contributed by atoms with E-state index in [-0.39, 0.29) is 0 Å². The van der Waals surface area contributed by atoms with Gasteiger partial charge in [0.25, 0.3) is 0 Å². The van der Waals surface area contributed by atoms with E-state index in [1.165, 1.54) is 5.56 Å². The maximum Gasteiger partial charge on any atom is 0.207 e. The number of fused-ring (bicyclic) bond motifs is 14. The minimum atomic E-state index is -4.00. The van der Waals surface area contributed by atoms with Crippen LogP contribution in [0.15, 0.2) is 222 Å². The lowest BCUT2D eigenvalue weighted by molar-refractivity contribution is 0.577. The van der Waals surface area contributed by atoms with Crippen molar-refractivity contribution in [3.05, 3.63) is 246 Å². The number of aromatic nitrogens is 3. The first-order chi connectivity index (χ1) is 32.7. The molecule has 0 saturated heterocycles. The van der Waals surface area contributed by atoms with Crippen LogP contribution < -0.4 is 0 Å². The standard InChI is InChI=1S/C61H41N3O2S/c1-60(2)49-22-10-8-21-46(49)48-34-54-58(35-52(48)60)67(65,66)57-25-13-12-24-51(57)61(54)50-23-11-9-20-45(50)43-18-6-7-19-44(43)47-31-30-41(33-53(47)61)59-63-55(39-15-4-3-5-16-39)36-56(64-59)40-28-26-38(27-29-40)42-17-14-32-62-37-42/h3-37H,1-2H3. The van der Waals surface area contributed by atoms with E-state index < -0.39 is 20.7 Å². The van der Waals surface area contributed by atoms with E-state index >= 15 is 8.42 Å². The Morgan fingerprint density at radius 2 is 0.925 bits per heavy atom. The zero-order chi connectivity index (χ0) is 45.1. The van der Waals surface area contributed by atoms with E-state index in [1.807, 2.05) is 54.7 Å². The van der Waals surface area contributed by atoms with Crippen LogP contribution in [0.25, 0.3) is 78.4 Å². The molecule has 10 aromatic rings. The van der Waals surface area contributed by atoms with Crippen LogP contribution in [0, 0.1) is 0 Å². The predicted molar refractivity (Wildman–Crippen MR) is 267 cm³/mol. The van der Waals surface area contributed by atoms with Crippen LogP contribution in [0.4, 0.5) is 0 Å². The summed E-state index contributed by atoms with van der Waals surface area (Å²) in [5.74, 6) is 0.568. The molecule has 5 nitrogen and oxygen atoms in total. The van der Waals surface area contributed by atoms with Gasteiger partial charge < -0.3 is 0 Å². The summed E-state index contributed by atoms with van der Waals surface area (Å²) in [6.07, 6.45) is 3.66. The molecule has 0 bridgehead atoms. The van der Waals surface area contributed by atoms with Crippen molar-refractivity contribution >= 4 is 9.84 Å². The summed E-state index contributed by atoms with van der Waals surface area (Å²) < 4.78 is 30.9. The second kappa shape index (κ2) is 14.5. The van der Waals surface area contributed by atoms with Crippen LogP contribution >= 0.6 is 0 Å². The summed E-state index contributed by atoms with van der Waals surface area (Å²) in [6, 6.07) is 68.9.